The summed E-state index contributed by atoms with van der Waals surface area (Å²) in [6, 6.07) is 15.9. The Labute approximate surface area is 137 Å². The number of anilines is 1. The molecule has 118 valence electrons. The number of ketones is 1. The Balaban J connectivity index is 1.76. The third-order valence-electron chi connectivity index (χ3n) is 4.11. The van der Waals surface area contributed by atoms with Crippen molar-refractivity contribution >= 4 is 17.5 Å². The zero-order valence-electron chi connectivity index (χ0n) is 13.4. The van der Waals surface area contributed by atoms with E-state index in [2.05, 4.69) is 4.90 Å². The molecule has 0 unspecified atom stereocenters. The van der Waals surface area contributed by atoms with Crippen LogP contribution >= 0.6 is 0 Å². The van der Waals surface area contributed by atoms with Crippen molar-refractivity contribution in [1.82, 2.24) is 0 Å². The largest absolute Gasteiger partial charge is 0.378 e. The first kappa shape index (κ1) is 15.5. The van der Waals surface area contributed by atoms with Gasteiger partial charge in [-0.2, -0.15) is 0 Å². The summed E-state index contributed by atoms with van der Waals surface area (Å²) in [5, 5.41) is 0. The number of nitrogens with zero attached hydrogens (tertiary/aromatic N) is 1. The summed E-state index contributed by atoms with van der Waals surface area (Å²) in [6.07, 6.45) is 3.54. The molecule has 2 aromatic rings. The second-order valence-electron chi connectivity index (χ2n) is 5.70. The second-order valence-corrected chi connectivity index (χ2v) is 5.70. The molecule has 23 heavy (non-hydrogen) atoms. The molecule has 0 radical (unpaired) electrons. The number of rotatable bonds is 4. The molecule has 0 N–H and O–H groups in total. The summed E-state index contributed by atoms with van der Waals surface area (Å²) in [5.41, 5.74) is 4.05. The summed E-state index contributed by atoms with van der Waals surface area (Å²) < 4.78 is 5.38. The summed E-state index contributed by atoms with van der Waals surface area (Å²) in [5.74, 6) is 0.0309. The molecule has 2 aromatic carbocycles. The number of hydrogen-bond acceptors (Lipinski definition) is 3. The van der Waals surface area contributed by atoms with Crippen LogP contribution in [0.2, 0.25) is 0 Å². The Kier molecular flexibility index (Phi) is 4.89. The van der Waals surface area contributed by atoms with Gasteiger partial charge in [0.1, 0.15) is 0 Å². The van der Waals surface area contributed by atoms with Crippen molar-refractivity contribution < 1.29 is 9.53 Å². The van der Waals surface area contributed by atoms with E-state index in [4.69, 9.17) is 4.74 Å². The molecule has 3 rings (SSSR count). The van der Waals surface area contributed by atoms with E-state index in [9.17, 15) is 4.79 Å². The Morgan fingerprint density at radius 1 is 1.09 bits per heavy atom. The zero-order chi connectivity index (χ0) is 16.1. The van der Waals surface area contributed by atoms with Crippen molar-refractivity contribution in [3.63, 3.8) is 0 Å². The van der Waals surface area contributed by atoms with Crippen LogP contribution in [0.15, 0.2) is 54.6 Å². The average Bonchev–Trinajstić information content (AvgIpc) is 2.62. The van der Waals surface area contributed by atoms with Crippen molar-refractivity contribution in [2.75, 3.05) is 31.2 Å². The maximum Gasteiger partial charge on any atom is 0.185 e. The van der Waals surface area contributed by atoms with Crippen molar-refractivity contribution in [3.8, 4) is 0 Å². The van der Waals surface area contributed by atoms with Gasteiger partial charge < -0.3 is 9.64 Å². The van der Waals surface area contributed by atoms with E-state index in [1.54, 1.807) is 6.08 Å². The molecule has 0 bridgehead atoms. The van der Waals surface area contributed by atoms with Gasteiger partial charge in [-0.3, -0.25) is 4.79 Å². The lowest BCUT2D eigenvalue weighted by Crippen LogP contribution is -2.36. The summed E-state index contributed by atoms with van der Waals surface area (Å²) >= 11 is 0. The maximum absolute atomic E-state index is 12.4. The minimum Gasteiger partial charge on any atom is -0.378 e. The predicted octanol–water partition coefficient (Wildman–Crippen LogP) is 3.73. The minimum absolute atomic E-state index is 0.0309. The number of ether oxygens (including phenoxy) is 1. The standard InChI is InChI=1S/C20H21NO2/c1-16-5-2-3-6-17(16)9-10-20(22)18-7-4-8-19(15-18)21-11-13-23-14-12-21/h2-10,15H,11-14H2,1H3. The van der Waals surface area contributed by atoms with Crippen molar-refractivity contribution in [3.05, 3.63) is 71.3 Å². The van der Waals surface area contributed by atoms with Gasteiger partial charge in [0.15, 0.2) is 5.78 Å². The van der Waals surface area contributed by atoms with Gasteiger partial charge in [-0.25, -0.2) is 0 Å². The smallest absolute Gasteiger partial charge is 0.185 e. The number of morpholine rings is 1. The third kappa shape index (κ3) is 3.88. The number of aryl methyl sites for hydroxylation is 1. The van der Waals surface area contributed by atoms with Crippen LogP contribution in [0.4, 0.5) is 5.69 Å². The fraction of sp³-hybridized carbons (Fsp3) is 0.250. The fourth-order valence-corrected chi connectivity index (χ4v) is 2.71. The van der Waals surface area contributed by atoms with E-state index >= 15 is 0 Å². The summed E-state index contributed by atoms with van der Waals surface area (Å²) in [4.78, 5) is 14.7. The van der Waals surface area contributed by atoms with Crippen molar-refractivity contribution in [2.24, 2.45) is 0 Å². The Morgan fingerprint density at radius 2 is 1.87 bits per heavy atom. The van der Waals surface area contributed by atoms with Gasteiger partial charge in [0, 0.05) is 24.3 Å². The summed E-state index contributed by atoms with van der Waals surface area (Å²) in [7, 11) is 0. The van der Waals surface area contributed by atoms with Crippen LogP contribution in [0.5, 0.6) is 0 Å². The van der Waals surface area contributed by atoms with Crippen LogP contribution in [0.25, 0.3) is 6.08 Å². The molecular weight excluding hydrogens is 286 g/mol. The van der Waals surface area contributed by atoms with Gasteiger partial charge in [0.2, 0.25) is 0 Å². The molecule has 0 aromatic heterocycles. The monoisotopic (exact) mass is 307 g/mol. The van der Waals surface area contributed by atoms with Gasteiger partial charge in [-0.15, -0.1) is 0 Å². The highest BCUT2D eigenvalue weighted by atomic mass is 16.5. The minimum atomic E-state index is 0.0309. The lowest BCUT2D eigenvalue weighted by molar-refractivity contribution is 0.104. The van der Waals surface area contributed by atoms with Gasteiger partial charge in [-0.1, -0.05) is 42.5 Å². The first-order chi connectivity index (χ1) is 11.2. The molecule has 0 aliphatic carbocycles. The van der Waals surface area contributed by atoms with Crippen LogP contribution in [0.3, 0.4) is 0 Å². The number of hydrogen-bond donors (Lipinski definition) is 0. The van der Waals surface area contributed by atoms with E-state index in [1.165, 1.54) is 5.56 Å². The van der Waals surface area contributed by atoms with E-state index in [0.29, 0.717) is 0 Å². The number of allylic oxidation sites excluding steroid dienone is 1. The molecule has 1 heterocycles. The Morgan fingerprint density at radius 3 is 2.65 bits per heavy atom. The molecule has 3 nitrogen and oxygen atoms in total. The van der Waals surface area contributed by atoms with Crippen LogP contribution < -0.4 is 4.90 Å². The lowest BCUT2D eigenvalue weighted by atomic mass is 10.1. The van der Waals surface area contributed by atoms with E-state index < -0.39 is 0 Å². The van der Waals surface area contributed by atoms with Gasteiger partial charge in [0.25, 0.3) is 0 Å². The average molecular weight is 307 g/mol. The Bertz CT molecular complexity index is 715. The molecule has 1 aliphatic rings. The van der Waals surface area contributed by atoms with E-state index in [-0.39, 0.29) is 5.78 Å². The highest BCUT2D eigenvalue weighted by Gasteiger charge is 2.12. The molecular formula is C20H21NO2. The van der Waals surface area contributed by atoms with Crippen LogP contribution in [-0.4, -0.2) is 32.1 Å². The van der Waals surface area contributed by atoms with Gasteiger partial charge in [0.05, 0.1) is 13.2 Å². The molecule has 1 aliphatic heterocycles. The van der Waals surface area contributed by atoms with Crippen LogP contribution in [0.1, 0.15) is 21.5 Å². The van der Waals surface area contributed by atoms with Crippen LogP contribution in [0, 0.1) is 6.92 Å². The molecule has 1 fully saturated rings. The highest BCUT2D eigenvalue weighted by Crippen LogP contribution is 2.18. The third-order valence-corrected chi connectivity index (χ3v) is 4.11. The van der Waals surface area contributed by atoms with Gasteiger partial charge >= 0.3 is 0 Å². The van der Waals surface area contributed by atoms with Crippen molar-refractivity contribution in [1.29, 1.82) is 0 Å². The molecule has 0 spiro atoms. The fourth-order valence-electron chi connectivity index (χ4n) is 2.71. The quantitative estimate of drug-likeness (QED) is 0.637. The van der Waals surface area contributed by atoms with E-state index in [0.717, 1.165) is 43.1 Å². The molecule has 0 saturated carbocycles. The topological polar surface area (TPSA) is 29.5 Å². The molecule has 3 heteroatoms. The zero-order valence-corrected chi connectivity index (χ0v) is 13.4. The first-order valence-electron chi connectivity index (χ1n) is 7.95. The highest BCUT2D eigenvalue weighted by molar-refractivity contribution is 6.07. The van der Waals surface area contributed by atoms with Gasteiger partial charge in [-0.05, 0) is 36.3 Å². The molecule has 0 amide bonds. The Hall–Kier alpha value is -2.39. The molecule has 1 saturated heterocycles. The lowest BCUT2D eigenvalue weighted by Gasteiger charge is -2.29. The normalized spacial score (nSPS) is 15.1. The molecule has 0 atom stereocenters. The van der Waals surface area contributed by atoms with Crippen molar-refractivity contribution in [2.45, 2.75) is 6.92 Å². The van der Waals surface area contributed by atoms with Crippen LogP contribution in [-0.2, 0) is 4.74 Å². The summed E-state index contributed by atoms with van der Waals surface area (Å²) in [6.45, 7) is 5.27. The number of carbonyl (C=O) groups is 1. The second kappa shape index (κ2) is 7.25. The van der Waals surface area contributed by atoms with E-state index in [1.807, 2.05) is 61.5 Å². The number of carbonyl (C=O) groups excluding carboxylic acids is 1. The maximum atomic E-state index is 12.4. The number of benzene rings is 2. The predicted molar refractivity (Wildman–Crippen MR) is 94.0 cm³/mol. The first-order valence-corrected chi connectivity index (χ1v) is 7.95. The SMILES string of the molecule is Cc1ccccc1C=CC(=O)c1cccc(N2CCOCC2)c1.